The van der Waals surface area contributed by atoms with Gasteiger partial charge in [0.2, 0.25) is 0 Å². The monoisotopic (exact) mass is 237 g/mol. The third-order valence-corrected chi connectivity index (χ3v) is 2.13. The molecule has 0 unspecified atom stereocenters. The van der Waals surface area contributed by atoms with Crippen LogP contribution >= 0.6 is 11.6 Å². The van der Waals surface area contributed by atoms with E-state index >= 15 is 0 Å². The van der Waals surface area contributed by atoms with Crippen LogP contribution in [0.3, 0.4) is 0 Å². The molecule has 1 heterocycles. The number of halogens is 1. The Kier molecular flexibility index (Phi) is 3.11. The third kappa shape index (κ3) is 2.54. The minimum absolute atomic E-state index is 0.0158. The van der Waals surface area contributed by atoms with Crippen molar-refractivity contribution < 1.29 is 4.79 Å². The molecule has 1 aromatic heterocycles. The van der Waals surface area contributed by atoms with Gasteiger partial charge < -0.3 is 5.32 Å². The second-order valence-corrected chi connectivity index (χ2v) is 3.48. The van der Waals surface area contributed by atoms with Crippen LogP contribution in [0, 0.1) is 0 Å². The summed E-state index contributed by atoms with van der Waals surface area (Å²) in [6.07, 6.45) is 0. The summed E-state index contributed by atoms with van der Waals surface area (Å²) in [4.78, 5) is 11.4. The summed E-state index contributed by atoms with van der Waals surface area (Å²) in [5.74, 6) is -0.365. The maximum absolute atomic E-state index is 11.4. The van der Waals surface area contributed by atoms with E-state index in [0.29, 0.717) is 11.6 Å². The highest BCUT2D eigenvalue weighted by molar-refractivity contribution is 6.30. The summed E-state index contributed by atoms with van der Waals surface area (Å²) >= 11 is 5.81. The zero-order chi connectivity index (χ0) is 11.4. The van der Waals surface area contributed by atoms with E-state index in [1.807, 2.05) is 12.1 Å². The molecule has 2 N–H and O–H groups in total. The number of benzene rings is 1. The fourth-order valence-corrected chi connectivity index (χ4v) is 1.38. The fraction of sp³-hybridized carbons (Fsp3) is 0.111. The molecule has 0 aliphatic carbocycles. The number of hydrogen-bond donors (Lipinski definition) is 2. The molecule has 0 atom stereocenters. The Morgan fingerprint density at radius 1 is 1.50 bits per heavy atom. The molecular formula is C9H8ClN5O. The molecule has 2 rings (SSSR count). The van der Waals surface area contributed by atoms with Gasteiger partial charge in [0.25, 0.3) is 11.7 Å². The zero-order valence-electron chi connectivity index (χ0n) is 8.14. The molecule has 7 heteroatoms. The van der Waals surface area contributed by atoms with E-state index in [-0.39, 0.29) is 11.7 Å². The minimum atomic E-state index is -0.381. The maximum atomic E-state index is 11.4. The summed E-state index contributed by atoms with van der Waals surface area (Å²) in [6, 6.07) is 7.23. The van der Waals surface area contributed by atoms with Crippen LogP contribution < -0.4 is 5.32 Å². The van der Waals surface area contributed by atoms with Gasteiger partial charge in [-0.1, -0.05) is 23.7 Å². The molecule has 0 spiro atoms. The van der Waals surface area contributed by atoms with E-state index in [1.54, 1.807) is 12.1 Å². The first kappa shape index (κ1) is 10.6. The van der Waals surface area contributed by atoms with Crippen LogP contribution in [0.1, 0.15) is 16.2 Å². The van der Waals surface area contributed by atoms with Crippen LogP contribution in [0.25, 0.3) is 0 Å². The van der Waals surface area contributed by atoms with Gasteiger partial charge in [-0.2, -0.15) is 5.21 Å². The molecule has 0 bridgehead atoms. The Labute approximate surface area is 96.0 Å². The van der Waals surface area contributed by atoms with Gasteiger partial charge in [-0.05, 0) is 22.9 Å². The molecule has 1 amide bonds. The molecule has 0 saturated heterocycles. The van der Waals surface area contributed by atoms with Crippen molar-refractivity contribution in [2.24, 2.45) is 0 Å². The van der Waals surface area contributed by atoms with Crippen molar-refractivity contribution in [2.45, 2.75) is 6.54 Å². The fourth-order valence-electron chi connectivity index (χ4n) is 1.17. The summed E-state index contributed by atoms with van der Waals surface area (Å²) in [5, 5.41) is 15.9. The first-order chi connectivity index (χ1) is 7.75. The first-order valence-electron chi connectivity index (χ1n) is 4.52. The number of rotatable bonds is 3. The lowest BCUT2D eigenvalue weighted by molar-refractivity contribution is 0.0940. The number of nitrogens with one attached hydrogen (secondary N) is 2. The molecule has 1 aromatic carbocycles. The smallest absolute Gasteiger partial charge is 0.293 e. The highest BCUT2D eigenvalue weighted by atomic mass is 35.5. The van der Waals surface area contributed by atoms with E-state index < -0.39 is 0 Å². The molecule has 82 valence electrons. The van der Waals surface area contributed by atoms with E-state index in [0.717, 1.165) is 5.56 Å². The van der Waals surface area contributed by atoms with Crippen molar-refractivity contribution in [1.29, 1.82) is 0 Å². The standard InChI is InChI=1S/C9H8ClN5O/c10-7-3-1-2-6(4-7)5-11-9(16)8-12-14-15-13-8/h1-4H,5H2,(H,11,16)(H,12,13,14,15). The lowest BCUT2D eigenvalue weighted by Gasteiger charge is -2.02. The number of tetrazole rings is 1. The van der Waals surface area contributed by atoms with Crippen LogP contribution in [0.4, 0.5) is 0 Å². The summed E-state index contributed by atoms with van der Waals surface area (Å²) in [5.41, 5.74) is 0.907. The molecule has 0 saturated carbocycles. The normalized spacial score (nSPS) is 10.1. The van der Waals surface area contributed by atoms with Gasteiger partial charge >= 0.3 is 0 Å². The van der Waals surface area contributed by atoms with Gasteiger partial charge in [0.15, 0.2) is 0 Å². The molecule has 0 radical (unpaired) electrons. The average molecular weight is 238 g/mol. The predicted molar refractivity (Wildman–Crippen MR) is 56.8 cm³/mol. The van der Waals surface area contributed by atoms with Crippen molar-refractivity contribution >= 4 is 17.5 Å². The SMILES string of the molecule is O=C(NCc1cccc(Cl)c1)c1nn[nH]n1. The number of H-pyrrole nitrogens is 1. The van der Waals surface area contributed by atoms with E-state index in [2.05, 4.69) is 25.9 Å². The van der Waals surface area contributed by atoms with Crippen molar-refractivity contribution in [3.63, 3.8) is 0 Å². The molecule has 0 aliphatic rings. The van der Waals surface area contributed by atoms with Gasteiger partial charge in [0, 0.05) is 11.6 Å². The Balaban J connectivity index is 1.95. The number of amides is 1. The van der Waals surface area contributed by atoms with Crippen LogP contribution in [0.15, 0.2) is 24.3 Å². The second-order valence-electron chi connectivity index (χ2n) is 3.05. The van der Waals surface area contributed by atoms with E-state index in [9.17, 15) is 4.79 Å². The number of carbonyl (C=O) groups excluding carboxylic acids is 1. The molecule has 0 aliphatic heterocycles. The van der Waals surface area contributed by atoms with Crippen molar-refractivity contribution in [2.75, 3.05) is 0 Å². The van der Waals surface area contributed by atoms with Gasteiger partial charge in [0.05, 0.1) is 0 Å². The lowest BCUT2D eigenvalue weighted by atomic mass is 10.2. The quantitative estimate of drug-likeness (QED) is 0.827. The molecule has 16 heavy (non-hydrogen) atoms. The van der Waals surface area contributed by atoms with Gasteiger partial charge in [0.1, 0.15) is 0 Å². The first-order valence-corrected chi connectivity index (χ1v) is 4.89. The minimum Gasteiger partial charge on any atom is -0.345 e. The number of hydrogen-bond acceptors (Lipinski definition) is 4. The Hall–Kier alpha value is -1.95. The largest absolute Gasteiger partial charge is 0.345 e. The Morgan fingerprint density at radius 2 is 2.38 bits per heavy atom. The number of carbonyl (C=O) groups is 1. The van der Waals surface area contributed by atoms with Gasteiger partial charge in [-0.25, -0.2) is 0 Å². The summed E-state index contributed by atoms with van der Waals surface area (Å²) in [6.45, 7) is 0.369. The summed E-state index contributed by atoms with van der Waals surface area (Å²) in [7, 11) is 0. The van der Waals surface area contributed by atoms with E-state index in [4.69, 9.17) is 11.6 Å². The number of aromatic amines is 1. The topological polar surface area (TPSA) is 83.6 Å². The van der Waals surface area contributed by atoms with E-state index in [1.165, 1.54) is 0 Å². The van der Waals surface area contributed by atoms with Crippen molar-refractivity contribution in [3.8, 4) is 0 Å². The maximum Gasteiger partial charge on any atom is 0.293 e. The highest BCUT2D eigenvalue weighted by Crippen LogP contribution is 2.10. The number of aromatic nitrogens is 4. The van der Waals surface area contributed by atoms with Crippen LogP contribution in [-0.4, -0.2) is 26.5 Å². The van der Waals surface area contributed by atoms with Gasteiger partial charge in [-0.3, -0.25) is 4.79 Å². The molecule has 0 fully saturated rings. The predicted octanol–water partition coefficient (Wildman–Crippen LogP) is 0.783. The van der Waals surface area contributed by atoms with Gasteiger partial charge in [-0.15, -0.1) is 10.2 Å². The summed E-state index contributed by atoms with van der Waals surface area (Å²) < 4.78 is 0. The lowest BCUT2D eigenvalue weighted by Crippen LogP contribution is -2.24. The zero-order valence-corrected chi connectivity index (χ0v) is 8.90. The number of nitrogens with zero attached hydrogens (tertiary/aromatic N) is 3. The second kappa shape index (κ2) is 4.71. The molecule has 2 aromatic rings. The average Bonchev–Trinajstić information content (AvgIpc) is 2.79. The van der Waals surface area contributed by atoms with Crippen LogP contribution in [0.2, 0.25) is 5.02 Å². The van der Waals surface area contributed by atoms with Crippen LogP contribution in [-0.2, 0) is 6.54 Å². The Bertz CT molecular complexity index is 484. The molecular weight excluding hydrogens is 230 g/mol. The third-order valence-electron chi connectivity index (χ3n) is 1.89. The van der Waals surface area contributed by atoms with Crippen molar-refractivity contribution in [3.05, 3.63) is 40.7 Å². The molecule has 6 nitrogen and oxygen atoms in total. The van der Waals surface area contributed by atoms with Crippen LogP contribution in [0.5, 0.6) is 0 Å². The van der Waals surface area contributed by atoms with Crippen molar-refractivity contribution in [1.82, 2.24) is 25.9 Å². The Morgan fingerprint density at radius 3 is 3.06 bits per heavy atom. The highest BCUT2D eigenvalue weighted by Gasteiger charge is 2.09.